The summed E-state index contributed by atoms with van der Waals surface area (Å²) in [6.07, 6.45) is 3.32. The Balaban J connectivity index is 1.69. The maximum Gasteiger partial charge on any atom is 0.255 e. The average molecular weight is 373 g/mol. The quantitative estimate of drug-likeness (QED) is 0.553. The van der Waals surface area contributed by atoms with E-state index in [4.69, 9.17) is 9.15 Å². The molecule has 0 aliphatic carbocycles. The molecule has 0 saturated carbocycles. The van der Waals surface area contributed by atoms with Crippen LogP contribution >= 0.6 is 0 Å². The largest absolute Gasteiger partial charge is 0.497 e. The Kier molecular flexibility index (Phi) is 4.93. The smallest absolute Gasteiger partial charge is 0.255 e. The number of aromatic nitrogens is 2. The molecule has 4 rings (SSSR count). The van der Waals surface area contributed by atoms with Crippen molar-refractivity contribution in [2.75, 3.05) is 7.11 Å². The van der Waals surface area contributed by atoms with Crippen molar-refractivity contribution in [2.45, 2.75) is 6.54 Å². The van der Waals surface area contributed by atoms with Gasteiger partial charge in [-0.2, -0.15) is 5.10 Å². The molecule has 140 valence electrons. The summed E-state index contributed by atoms with van der Waals surface area (Å²) in [7, 11) is 1.62. The van der Waals surface area contributed by atoms with Gasteiger partial charge in [0, 0.05) is 11.8 Å². The van der Waals surface area contributed by atoms with Crippen molar-refractivity contribution in [3.05, 3.63) is 90.5 Å². The van der Waals surface area contributed by atoms with Gasteiger partial charge in [-0.05, 0) is 48.5 Å². The van der Waals surface area contributed by atoms with Crippen molar-refractivity contribution >= 4 is 5.91 Å². The van der Waals surface area contributed by atoms with E-state index in [-0.39, 0.29) is 5.91 Å². The van der Waals surface area contributed by atoms with Crippen molar-refractivity contribution in [1.82, 2.24) is 15.1 Å². The molecule has 6 nitrogen and oxygen atoms in total. The van der Waals surface area contributed by atoms with E-state index in [2.05, 4.69) is 10.4 Å². The lowest BCUT2D eigenvalue weighted by Gasteiger charge is -2.05. The summed E-state index contributed by atoms with van der Waals surface area (Å²) in [6.45, 7) is 0.310. The molecule has 1 amide bonds. The second-order valence-electron chi connectivity index (χ2n) is 6.16. The number of carbonyl (C=O) groups excluding carboxylic acids is 1. The van der Waals surface area contributed by atoms with Crippen molar-refractivity contribution in [1.29, 1.82) is 0 Å². The normalized spacial score (nSPS) is 10.6. The SMILES string of the molecule is COc1ccc(-c2nn(-c3ccccc3)cc2C(=O)NCc2ccco2)cc1. The van der Waals surface area contributed by atoms with Crippen LogP contribution in [-0.2, 0) is 6.54 Å². The van der Waals surface area contributed by atoms with E-state index in [0.29, 0.717) is 23.6 Å². The fourth-order valence-electron chi connectivity index (χ4n) is 2.89. The maximum atomic E-state index is 12.9. The van der Waals surface area contributed by atoms with Gasteiger partial charge in [-0.15, -0.1) is 0 Å². The molecule has 0 radical (unpaired) electrons. The number of methoxy groups -OCH3 is 1. The van der Waals surface area contributed by atoms with Gasteiger partial charge in [0.1, 0.15) is 17.2 Å². The van der Waals surface area contributed by atoms with E-state index in [0.717, 1.165) is 17.0 Å². The minimum Gasteiger partial charge on any atom is -0.497 e. The zero-order valence-corrected chi connectivity index (χ0v) is 15.3. The first kappa shape index (κ1) is 17.6. The molecule has 0 spiro atoms. The first-order valence-electron chi connectivity index (χ1n) is 8.84. The summed E-state index contributed by atoms with van der Waals surface area (Å²) < 4.78 is 12.2. The van der Waals surface area contributed by atoms with Crippen molar-refractivity contribution < 1.29 is 13.9 Å². The highest BCUT2D eigenvalue weighted by molar-refractivity contribution is 5.99. The van der Waals surface area contributed by atoms with Crippen LogP contribution in [0.2, 0.25) is 0 Å². The number of nitrogens with zero attached hydrogens (tertiary/aromatic N) is 2. The van der Waals surface area contributed by atoms with Crippen molar-refractivity contribution in [3.8, 4) is 22.7 Å². The first-order chi connectivity index (χ1) is 13.7. The third kappa shape index (κ3) is 3.66. The van der Waals surface area contributed by atoms with Gasteiger partial charge in [-0.3, -0.25) is 4.79 Å². The number of ether oxygens (including phenoxy) is 1. The van der Waals surface area contributed by atoms with E-state index in [1.807, 2.05) is 60.7 Å². The molecule has 0 atom stereocenters. The van der Waals surface area contributed by atoms with Gasteiger partial charge in [0.25, 0.3) is 5.91 Å². The molecule has 2 aromatic heterocycles. The Morgan fingerprint density at radius 3 is 2.54 bits per heavy atom. The fraction of sp³-hybridized carbons (Fsp3) is 0.0909. The van der Waals surface area contributed by atoms with Crippen LogP contribution in [0.3, 0.4) is 0 Å². The lowest BCUT2D eigenvalue weighted by Crippen LogP contribution is -2.22. The van der Waals surface area contributed by atoms with E-state index in [1.165, 1.54) is 0 Å². The van der Waals surface area contributed by atoms with Crippen LogP contribution in [-0.4, -0.2) is 22.8 Å². The zero-order valence-electron chi connectivity index (χ0n) is 15.3. The number of hydrogen-bond donors (Lipinski definition) is 1. The highest BCUT2D eigenvalue weighted by Crippen LogP contribution is 2.26. The Morgan fingerprint density at radius 1 is 1.07 bits per heavy atom. The van der Waals surface area contributed by atoms with Crippen LogP contribution in [0.4, 0.5) is 0 Å². The van der Waals surface area contributed by atoms with Gasteiger partial charge < -0.3 is 14.5 Å². The maximum absolute atomic E-state index is 12.9. The number of rotatable bonds is 6. The number of amides is 1. The molecular formula is C22H19N3O3. The molecule has 0 saturated heterocycles. The number of hydrogen-bond acceptors (Lipinski definition) is 4. The summed E-state index contributed by atoms with van der Waals surface area (Å²) >= 11 is 0. The molecule has 6 heteroatoms. The van der Waals surface area contributed by atoms with Crippen LogP contribution in [0.1, 0.15) is 16.1 Å². The Morgan fingerprint density at radius 2 is 1.86 bits per heavy atom. The van der Waals surface area contributed by atoms with Gasteiger partial charge in [0.15, 0.2) is 0 Å². The highest BCUT2D eigenvalue weighted by atomic mass is 16.5. The molecule has 1 N–H and O–H groups in total. The Hall–Kier alpha value is -3.80. The van der Waals surface area contributed by atoms with Gasteiger partial charge >= 0.3 is 0 Å². The minimum absolute atomic E-state index is 0.218. The molecule has 2 heterocycles. The second kappa shape index (κ2) is 7.84. The lowest BCUT2D eigenvalue weighted by molar-refractivity contribution is 0.0948. The highest BCUT2D eigenvalue weighted by Gasteiger charge is 2.19. The van der Waals surface area contributed by atoms with Crippen LogP contribution in [0.25, 0.3) is 16.9 Å². The number of carbonyl (C=O) groups is 1. The third-order valence-corrected chi connectivity index (χ3v) is 4.35. The fourth-order valence-corrected chi connectivity index (χ4v) is 2.89. The third-order valence-electron chi connectivity index (χ3n) is 4.35. The number of nitrogens with one attached hydrogen (secondary N) is 1. The Labute approximate surface area is 162 Å². The van der Waals surface area contributed by atoms with Crippen LogP contribution in [0.15, 0.2) is 83.6 Å². The van der Waals surface area contributed by atoms with Gasteiger partial charge in [-0.25, -0.2) is 4.68 Å². The van der Waals surface area contributed by atoms with Crippen molar-refractivity contribution in [2.24, 2.45) is 0 Å². The summed E-state index contributed by atoms with van der Waals surface area (Å²) in [5, 5.41) is 7.55. The zero-order chi connectivity index (χ0) is 19.3. The van der Waals surface area contributed by atoms with Gasteiger partial charge in [0.05, 0.1) is 31.2 Å². The monoisotopic (exact) mass is 373 g/mol. The number of para-hydroxylation sites is 1. The lowest BCUT2D eigenvalue weighted by atomic mass is 10.1. The first-order valence-corrected chi connectivity index (χ1v) is 8.84. The average Bonchev–Trinajstić information content (AvgIpc) is 3.43. The van der Waals surface area contributed by atoms with Crippen molar-refractivity contribution in [3.63, 3.8) is 0 Å². The molecule has 0 aliphatic heterocycles. The van der Waals surface area contributed by atoms with Crippen LogP contribution in [0.5, 0.6) is 5.75 Å². The van der Waals surface area contributed by atoms with Gasteiger partial charge in [-0.1, -0.05) is 18.2 Å². The molecular weight excluding hydrogens is 354 g/mol. The molecule has 0 aliphatic rings. The number of benzene rings is 2. The standard InChI is InChI=1S/C22H19N3O3/c1-27-18-11-9-16(10-12-18)21-20(22(26)23-14-19-8-5-13-28-19)15-25(24-21)17-6-3-2-4-7-17/h2-13,15H,14H2,1H3,(H,23,26). The van der Waals surface area contributed by atoms with E-state index in [9.17, 15) is 4.79 Å². The van der Waals surface area contributed by atoms with Crippen LogP contribution < -0.4 is 10.1 Å². The summed E-state index contributed by atoms with van der Waals surface area (Å²) in [5.74, 6) is 1.22. The molecule has 28 heavy (non-hydrogen) atoms. The number of furan rings is 1. The molecule has 4 aromatic rings. The summed E-state index contributed by atoms with van der Waals surface area (Å²) in [5.41, 5.74) is 2.80. The predicted molar refractivity (Wildman–Crippen MR) is 105 cm³/mol. The predicted octanol–water partition coefficient (Wildman–Crippen LogP) is 4.07. The summed E-state index contributed by atoms with van der Waals surface area (Å²) in [4.78, 5) is 12.9. The van der Waals surface area contributed by atoms with Crippen LogP contribution in [0, 0.1) is 0 Å². The summed E-state index contributed by atoms with van der Waals surface area (Å²) in [6, 6.07) is 20.8. The second-order valence-corrected chi connectivity index (χ2v) is 6.16. The molecule has 0 bridgehead atoms. The molecule has 2 aromatic carbocycles. The topological polar surface area (TPSA) is 69.3 Å². The van der Waals surface area contributed by atoms with E-state index >= 15 is 0 Å². The van der Waals surface area contributed by atoms with E-state index in [1.54, 1.807) is 30.3 Å². The Bertz CT molecular complexity index is 1050. The van der Waals surface area contributed by atoms with Gasteiger partial charge in [0.2, 0.25) is 0 Å². The van der Waals surface area contributed by atoms with E-state index < -0.39 is 0 Å². The molecule has 0 unspecified atom stereocenters. The molecule has 0 fully saturated rings. The minimum atomic E-state index is -0.218.